The minimum Gasteiger partial charge on any atom is -0.294 e. The van der Waals surface area contributed by atoms with Crippen LogP contribution in [-0.4, -0.2) is 34.4 Å². The lowest BCUT2D eigenvalue weighted by atomic mass is 10.1. The molecule has 1 aromatic heterocycles. The highest BCUT2D eigenvalue weighted by Gasteiger charge is 2.12. The number of halogens is 3. The molecule has 0 bridgehead atoms. The van der Waals surface area contributed by atoms with Gasteiger partial charge in [-0.1, -0.05) is 40.9 Å². The zero-order chi connectivity index (χ0) is 18.5. The van der Waals surface area contributed by atoms with Crippen LogP contribution in [0, 0.1) is 0 Å². The zero-order valence-corrected chi connectivity index (χ0v) is 16.8. The number of hydrogen-bond donors (Lipinski definition) is 2. The van der Waals surface area contributed by atoms with Gasteiger partial charge in [-0.3, -0.25) is 10.9 Å². The van der Waals surface area contributed by atoms with Crippen molar-refractivity contribution < 1.29 is 0 Å². The Morgan fingerprint density at radius 1 is 1.12 bits per heavy atom. The van der Waals surface area contributed by atoms with Crippen LogP contribution in [0.2, 0.25) is 15.1 Å². The number of nitrogens with zero attached hydrogens (tertiary/aromatic N) is 3. The molecule has 26 heavy (non-hydrogen) atoms. The second-order valence-electron chi connectivity index (χ2n) is 5.68. The summed E-state index contributed by atoms with van der Waals surface area (Å²) in [5, 5.41) is 7.73. The molecule has 9 heteroatoms. The topological polar surface area (TPSA) is 52.6 Å². The first-order valence-electron chi connectivity index (χ1n) is 8.00. The van der Waals surface area contributed by atoms with Crippen molar-refractivity contribution in [2.45, 2.75) is 12.8 Å². The molecule has 1 fully saturated rings. The molecule has 136 valence electrons. The molecule has 0 unspecified atom stereocenters. The third kappa shape index (κ3) is 4.84. The van der Waals surface area contributed by atoms with E-state index in [-0.39, 0.29) is 0 Å². The summed E-state index contributed by atoms with van der Waals surface area (Å²) < 4.78 is 0. The van der Waals surface area contributed by atoms with Gasteiger partial charge in [0.1, 0.15) is 0 Å². The summed E-state index contributed by atoms with van der Waals surface area (Å²) in [6.45, 7) is 1.97. The van der Waals surface area contributed by atoms with Crippen molar-refractivity contribution in [1.29, 1.82) is 0 Å². The average Bonchev–Trinajstić information content (AvgIpc) is 3.13. The van der Waals surface area contributed by atoms with E-state index in [9.17, 15) is 0 Å². The van der Waals surface area contributed by atoms with Gasteiger partial charge in [-0.2, -0.15) is 5.10 Å². The van der Waals surface area contributed by atoms with E-state index >= 15 is 0 Å². The Labute approximate surface area is 172 Å². The van der Waals surface area contributed by atoms with Crippen LogP contribution in [0.1, 0.15) is 18.5 Å². The van der Waals surface area contributed by atoms with Crippen molar-refractivity contribution in [2.75, 3.05) is 13.1 Å². The van der Waals surface area contributed by atoms with Crippen molar-refractivity contribution >= 4 is 58.3 Å². The number of pyridine rings is 1. The number of rotatable bonds is 4. The van der Waals surface area contributed by atoms with Gasteiger partial charge >= 0.3 is 0 Å². The van der Waals surface area contributed by atoms with Crippen LogP contribution >= 0.6 is 47.0 Å². The summed E-state index contributed by atoms with van der Waals surface area (Å²) in [7, 11) is 0. The van der Waals surface area contributed by atoms with Gasteiger partial charge in [0.2, 0.25) is 5.11 Å². The summed E-state index contributed by atoms with van der Waals surface area (Å²) >= 11 is 23.6. The third-order valence-corrected chi connectivity index (χ3v) is 5.29. The van der Waals surface area contributed by atoms with E-state index in [1.807, 2.05) is 18.2 Å². The summed E-state index contributed by atoms with van der Waals surface area (Å²) in [5.41, 5.74) is 7.92. The first-order valence-corrected chi connectivity index (χ1v) is 9.54. The summed E-state index contributed by atoms with van der Waals surface area (Å²) in [6.07, 6.45) is 3.94. The highest BCUT2D eigenvalue weighted by Crippen LogP contribution is 2.37. The van der Waals surface area contributed by atoms with Crippen molar-refractivity contribution in [3.05, 3.63) is 51.1 Å². The van der Waals surface area contributed by atoms with E-state index in [0.29, 0.717) is 37.1 Å². The van der Waals surface area contributed by atoms with Gasteiger partial charge in [-0.15, -0.1) is 0 Å². The Bertz CT molecular complexity index is 837. The van der Waals surface area contributed by atoms with Crippen LogP contribution < -0.4 is 10.9 Å². The fourth-order valence-electron chi connectivity index (χ4n) is 2.55. The molecule has 0 radical (unpaired) electrons. The minimum atomic E-state index is 0.312. The largest absolute Gasteiger partial charge is 0.294 e. The van der Waals surface area contributed by atoms with Crippen molar-refractivity contribution in [3.63, 3.8) is 0 Å². The quantitative estimate of drug-likeness (QED) is 0.325. The standard InChI is InChI=1S/C17H16Cl3N5S/c18-13-7-6-12(15(19)16(13)20)14-5-3-4-11(22-14)10-21-23-17(26)24-25-8-1-2-9-25/h3-7,10H,1-2,8-9H2,(H2,23,24,26). The van der Waals surface area contributed by atoms with E-state index in [2.05, 4.69) is 25.9 Å². The Morgan fingerprint density at radius 2 is 1.88 bits per heavy atom. The maximum absolute atomic E-state index is 6.28. The average molecular weight is 429 g/mol. The number of nitrogens with one attached hydrogen (secondary N) is 2. The lowest BCUT2D eigenvalue weighted by Gasteiger charge is -2.17. The molecule has 0 amide bonds. The summed E-state index contributed by atoms with van der Waals surface area (Å²) in [6, 6.07) is 9.01. The molecule has 1 aliphatic heterocycles. The van der Waals surface area contributed by atoms with Gasteiger partial charge in [0, 0.05) is 18.7 Å². The van der Waals surface area contributed by atoms with E-state index in [1.165, 1.54) is 12.8 Å². The first-order chi connectivity index (χ1) is 12.5. The molecule has 2 heterocycles. The number of hydrogen-bond acceptors (Lipinski definition) is 4. The first kappa shape index (κ1) is 19.3. The molecular weight excluding hydrogens is 413 g/mol. The monoisotopic (exact) mass is 427 g/mol. The molecule has 1 aromatic carbocycles. The molecule has 0 aliphatic carbocycles. The molecule has 0 saturated carbocycles. The Kier molecular flexibility index (Phi) is 6.67. The molecular formula is C17H16Cl3N5S. The van der Waals surface area contributed by atoms with Crippen molar-refractivity contribution in [3.8, 4) is 11.3 Å². The third-order valence-electron chi connectivity index (χ3n) is 3.81. The van der Waals surface area contributed by atoms with Crippen molar-refractivity contribution in [1.82, 2.24) is 20.8 Å². The van der Waals surface area contributed by atoms with E-state index in [1.54, 1.807) is 18.3 Å². The molecule has 0 atom stereocenters. The number of benzene rings is 1. The lowest BCUT2D eigenvalue weighted by Crippen LogP contribution is -2.44. The lowest BCUT2D eigenvalue weighted by molar-refractivity contribution is 0.294. The van der Waals surface area contributed by atoms with Crippen LogP contribution in [0.3, 0.4) is 0 Å². The second kappa shape index (κ2) is 8.97. The van der Waals surface area contributed by atoms with E-state index in [4.69, 9.17) is 47.0 Å². The highest BCUT2D eigenvalue weighted by atomic mass is 35.5. The maximum atomic E-state index is 6.28. The molecule has 0 spiro atoms. The Hall–Kier alpha value is -1.44. The minimum absolute atomic E-state index is 0.312. The molecule has 1 aliphatic rings. The number of hydrazone groups is 1. The van der Waals surface area contributed by atoms with Crippen LogP contribution in [0.25, 0.3) is 11.3 Å². The van der Waals surface area contributed by atoms with Gasteiger partial charge < -0.3 is 0 Å². The summed E-state index contributed by atoms with van der Waals surface area (Å²) in [5.74, 6) is 0. The normalized spacial score (nSPS) is 14.7. The summed E-state index contributed by atoms with van der Waals surface area (Å²) in [4.78, 5) is 4.53. The smallest absolute Gasteiger partial charge is 0.201 e. The zero-order valence-electron chi connectivity index (χ0n) is 13.7. The van der Waals surface area contributed by atoms with E-state index in [0.717, 1.165) is 13.1 Å². The molecule has 1 saturated heterocycles. The fraction of sp³-hybridized carbons (Fsp3) is 0.235. The van der Waals surface area contributed by atoms with Crippen LogP contribution in [0.5, 0.6) is 0 Å². The predicted octanol–water partition coefficient (Wildman–Crippen LogP) is 4.52. The van der Waals surface area contributed by atoms with Gasteiger partial charge in [0.15, 0.2) is 0 Å². The van der Waals surface area contributed by atoms with Crippen LogP contribution in [0.4, 0.5) is 0 Å². The number of thiocarbonyl (C=S) groups is 1. The van der Waals surface area contributed by atoms with E-state index < -0.39 is 0 Å². The van der Waals surface area contributed by atoms with Gasteiger partial charge in [-0.05, 0) is 49.3 Å². The van der Waals surface area contributed by atoms with Crippen molar-refractivity contribution in [2.24, 2.45) is 5.10 Å². The number of aromatic nitrogens is 1. The molecule has 3 rings (SSSR count). The maximum Gasteiger partial charge on any atom is 0.201 e. The molecule has 5 nitrogen and oxygen atoms in total. The predicted molar refractivity (Wildman–Crippen MR) is 112 cm³/mol. The highest BCUT2D eigenvalue weighted by molar-refractivity contribution is 7.80. The van der Waals surface area contributed by atoms with Crippen LogP contribution in [0.15, 0.2) is 35.4 Å². The van der Waals surface area contributed by atoms with Gasteiger partial charge in [0.05, 0.1) is 32.7 Å². The van der Waals surface area contributed by atoms with Gasteiger partial charge in [0.25, 0.3) is 0 Å². The second-order valence-corrected chi connectivity index (χ2v) is 7.25. The SMILES string of the molecule is S=C(NN=Cc1cccc(-c2ccc(Cl)c(Cl)c2Cl)n1)NN1CCCC1. The van der Waals surface area contributed by atoms with Gasteiger partial charge in [-0.25, -0.2) is 9.99 Å². The van der Waals surface area contributed by atoms with Crippen LogP contribution in [-0.2, 0) is 0 Å². The molecule has 2 N–H and O–H groups in total. The fourth-order valence-corrected chi connectivity index (χ4v) is 3.37. The molecule has 2 aromatic rings. The Morgan fingerprint density at radius 3 is 2.65 bits per heavy atom. The Balaban J connectivity index is 1.67. The number of hydrazine groups is 1.